The van der Waals surface area contributed by atoms with Gasteiger partial charge >= 0.3 is 0 Å². The first kappa shape index (κ1) is 15.1. The number of benzene rings is 2. The van der Waals surface area contributed by atoms with Crippen LogP contribution in [0.3, 0.4) is 0 Å². The lowest BCUT2D eigenvalue weighted by atomic mass is 10.1. The first-order chi connectivity index (χ1) is 9.86. The Kier molecular flexibility index (Phi) is 4.35. The topological polar surface area (TPSA) is 84.5 Å². The molecule has 0 saturated carbocycles. The highest BCUT2D eigenvalue weighted by molar-refractivity contribution is 7.89. The van der Waals surface area contributed by atoms with E-state index in [1.165, 1.54) is 24.3 Å². The zero-order valence-corrected chi connectivity index (χ0v) is 12.1. The van der Waals surface area contributed by atoms with Gasteiger partial charge in [0.2, 0.25) is 10.0 Å². The predicted octanol–water partition coefficient (Wildman–Crippen LogP) is 2.31. The van der Waals surface area contributed by atoms with Crippen molar-refractivity contribution in [2.75, 3.05) is 5.43 Å². The third kappa shape index (κ3) is 4.11. The average Bonchev–Trinajstić information content (AvgIpc) is 2.44. The second-order valence-corrected chi connectivity index (χ2v) is 5.95. The Morgan fingerprint density at radius 1 is 1.19 bits per heavy atom. The van der Waals surface area contributed by atoms with Gasteiger partial charge in [0.15, 0.2) is 0 Å². The van der Waals surface area contributed by atoms with Crippen molar-refractivity contribution in [3.63, 3.8) is 0 Å². The van der Waals surface area contributed by atoms with Gasteiger partial charge in [0, 0.05) is 5.56 Å². The maximum absolute atomic E-state index is 13.1. The van der Waals surface area contributed by atoms with E-state index in [-0.39, 0.29) is 10.7 Å². The lowest BCUT2D eigenvalue weighted by molar-refractivity contribution is 0.598. The fraction of sp³-hybridized carbons (Fsp3) is 0.0714. The summed E-state index contributed by atoms with van der Waals surface area (Å²) in [7, 11) is -3.70. The fourth-order valence-electron chi connectivity index (χ4n) is 1.65. The zero-order chi connectivity index (χ0) is 15.5. The number of nitrogens with zero attached hydrogens (tertiary/aromatic N) is 1. The minimum absolute atomic E-state index is 0.0267. The van der Waals surface area contributed by atoms with Crippen LogP contribution in [0, 0.1) is 5.82 Å². The number of nitrogens with two attached hydrogens (primary N) is 1. The third-order valence-corrected chi connectivity index (χ3v) is 3.71. The monoisotopic (exact) mass is 307 g/mol. The number of halogens is 1. The van der Waals surface area contributed by atoms with Crippen molar-refractivity contribution in [1.29, 1.82) is 0 Å². The van der Waals surface area contributed by atoms with E-state index in [4.69, 9.17) is 5.14 Å². The van der Waals surface area contributed by atoms with Crippen LogP contribution in [-0.2, 0) is 10.0 Å². The molecule has 0 aliphatic heterocycles. The van der Waals surface area contributed by atoms with Crippen LogP contribution in [0.4, 0.5) is 10.1 Å². The normalized spacial score (nSPS) is 12.2. The Morgan fingerprint density at radius 2 is 1.86 bits per heavy atom. The number of rotatable bonds is 4. The van der Waals surface area contributed by atoms with Crippen LogP contribution < -0.4 is 10.6 Å². The molecule has 0 amide bonds. The van der Waals surface area contributed by atoms with Gasteiger partial charge in [-0.2, -0.15) is 5.10 Å². The van der Waals surface area contributed by atoms with E-state index in [0.717, 1.165) is 0 Å². The van der Waals surface area contributed by atoms with E-state index in [2.05, 4.69) is 10.5 Å². The number of hydrogen-bond donors (Lipinski definition) is 2. The zero-order valence-electron chi connectivity index (χ0n) is 11.2. The maximum atomic E-state index is 13.1. The van der Waals surface area contributed by atoms with Crippen LogP contribution in [-0.4, -0.2) is 14.1 Å². The van der Waals surface area contributed by atoms with Gasteiger partial charge in [0.25, 0.3) is 0 Å². The highest BCUT2D eigenvalue weighted by Crippen LogP contribution is 2.13. The minimum Gasteiger partial charge on any atom is -0.278 e. The molecule has 2 aromatic carbocycles. The van der Waals surface area contributed by atoms with Crippen molar-refractivity contribution < 1.29 is 12.8 Å². The molecule has 110 valence electrons. The van der Waals surface area contributed by atoms with Gasteiger partial charge in [-0.3, -0.25) is 5.43 Å². The maximum Gasteiger partial charge on any atom is 0.238 e. The van der Waals surface area contributed by atoms with Crippen LogP contribution in [0.25, 0.3) is 0 Å². The summed E-state index contributed by atoms with van der Waals surface area (Å²) in [5, 5.41) is 9.12. The Hall–Kier alpha value is -2.25. The number of primary sulfonamides is 1. The predicted molar refractivity (Wildman–Crippen MR) is 80.0 cm³/mol. The summed E-state index contributed by atoms with van der Waals surface area (Å²) in [6.45, 7) is 1.74. The molecule has 2 aromatic rings. The highest BCUT2D eigenvalue weighted by atomic mass is 32.2. The highest BCUT2D eigenvalue weighted by Gasteiger charge is 2.06. The van der Waals surface area contributed by atoms with E-state index in [1.807, 2.05) is 0 Å². The third-order valence-electron chi connectivity index (χ3n) is 2.78. The Balaban J connectivity index is 2.14. The second kappa shape index (κ2) is 6.02. The van der Waals surface area contributed by atoms with Crippen molar-refractivity contribution in [3.05, 3.63) is 59.9 Å². The van der Waals surface area contributed by atoms with Crippen molar-refractivity contribution >= 4 is 21.4 Å². The SMILES string of the molecule is C/C(=N\Nc1ccc(S(N)(=O)=O)cc1)c1cccc(F)c1. The Morgan fingerprint density at radius 3 is 2.43 bits per heavy atom. The molecule has 0 fully saturated rings. The van der Waals surface area contributed by atoms with E-state index in [0.29, 0.717) is 17.0 Å². The van der Waals surface area contributed by atoms with Gasteiger partial charge < -0.3 is 0 Å². The first-order valence-corrected chi connectivity index (χ1v) is 7.60. The number of hydrogen-bond acceptors (Lipinski definition) is 4. The average molecular weight is 307 g/mol. The van der Waals surface area contributed by atoms with Gasteiger partial charge in [-0.1, -0.05) is 12.1 Å². The van der Waals surface area contributed by atoms with Crippen molar-refractivity contribution in [1.82, 2.24) is 0 Å². The molecular formula is C14H14FN3O2S. The molecule has 2 rings (SSSR count). The van der Waals surface area contributed by atoms with E-state index >= 15 is 0 Å². The van der Waals surface area contributed by atoms with Crippen LogP contribution in [0.1, 0.15) is 12.5 Å². The van der Waals surface area contributed by atoms with E-state index in [9.17, 15) is 12.8 Å². The summed E-state index contributed by atoms with van der Waals surface area (Å²) in [5.41, 5.74) is 4.62. The smallest absolute Gasteiger partial charge is 0.238 e. The molecule has 0 aromatic heterocycles. The number of anilines is 1. The molecule has 0 spiro atoms. The second-order valence-electron chi connectivity index (χ2n) is 4.39. The number of nitrogens with one attached hydrogen (secondary N) is 1. The Bertz CT molecular complexity index is 771. The summed E-state index contributed by atoms with van der Waals surface area (Å²) in [6, 6.07) is 11.9. The van der Waals surface area contributed by atoms with Gasteiger partial charge in [-0.25, -0.2) is 17.9 Å². The lowest BCUT2D eigenvalue weighted by Crippen LogP contribution is -2.11. The molecule has 0 heterocycles. The van der Waals surface area contributed by atoms with Gasteiger partial charge in [0.1, 0.15) is 5.82 Å². The Labute approximate surface area is 122 Å². The van der Waals surface area contributed by atoms with Crippen molar-refractivity contribution in [2.24, 2.45) is 10.2 Å². The van der Waals surface area contributed by atoms with Crippen molar-refractivity contribution in [2.45, 2.75) is 11.8 Å². The molecule has 21 heavy (non-hydrogen) atoms. The summed E-state index contributed by atoms with van der Waals surface area (Å²) >= 11 is 0. The lowest BCUT2D eigenvalue weighted by Gasteiger charge is -2.05. The summed E-state index contributed by atoms with van der Waals surface area (Å²) in [4.78, 5) is 0.0267. The van der Waals surface area contributed by atoms with Crippen LogP contribution in [0.5, 0.6) is 0 Å². The number of hydrazone groups is 1. The first-order valence-electron chi connectivity index (χ1n) is 6.05. The van der Waals surface area contributed by atoms with Crippen molar-refractivity contribution in [3.8, 4) is 0 Å². The molecule has 3 N–H and O–H groups in total. The molecule has 0 atom stereocenters. The van der Waals surface area contributed by atoms with Gasteiger partial charge in [-0.05, 0) is 43.3 Å². The van der Waals surface area contributed by atoms with Crippen LogP contribution in [0.15, 0.2) is 58.5 Å². The molecule has 0 aliphatic rings. The van der Waals surface area contributed by atoms with E-state index < -0.39 is 10.0 Å². The van der Waals surface area contributed by atoms with E-state index in [1.54, 1.807) is 31.2 Å². The summed E-state index contributed by atoms with van der Waals surface area (Å²) < 4.78 is 35.3. The molecule has 0 radical (unpaired) electrons. The minimum atomic E-state index is -3.70. The summed E-state index contributed by atoms with van der Waals surface area (Å²) in [5.74, 6) is -0.334. The molecule has 0 unspecified atom stereocenters. The fourth-order valence-corrected chi connectivity index (χ4v) is 2.16. The molecule has 0 aliphatic carbocycles. The molecule has 5 nitrogen and oxygen atoms in total. The quantitative estimate of drug-likeness (QED) is 0.671. The van der Waals surface area contributed by atoms with Crippen LogP contribution >= 0.6 is 0 Å². The molecule has 7 heteroatoms. The molecular weight excluding hydrogens is 293 g/mol. The largest absolute Gasteiger partial charge is 0.278 e. The van der Waals surface area contributed by atoms with Gasteiger partial charge in [-0.15, -0.1) is 0 Å². The molecule has 0 bridgehead atoms. The number of sulfonamides is 1. The summed E-state index contributed by atoms with van der Waals surface area (Å²) in [6.07, 6.45) is 0. The molecule has 0 saturated heterocycles. The van der Waals surface area contributed by atoms with Gasteiger partial charge in [0.05, 0.1) is 16.3 Å². The van der Waals surface area contributed by atoms with Crippen LogP contribution in [0.2, 0.25) is 0 Å². The standard InChI is InChI=1S/C14H14FN3O2S/c1-10(11-3-2-4-12(15)9-11)17-18-13-5-7-14(8-6-13)21(16,19)20/h2-9,18H,1H3,(H2,16,19,20)/b17-10+.